The third-order valence-electron chi connectivity index (χ3n) is 4.70. The number of hydrogen-bond acceptors (Lipinski definition) is 3. The summed E-state index contributed by atoms with van der Waals surface area (Å²) in [5, 5.41) is 4.36. The quantitative estimate of drug-likeness (QED) is 0.831. The SMILES string of the molecule is CC[C@H]1CN2C=C(S[C@@H]3CN[C@H](C)C3)[C@H](C)[C@H]12. The van der Waals surface area contributed by atoms with Gasteiger partial charge in [-0.3, -0.25) is 0 Å². The molecule has 0 aliphatic carbocycles. The minimum atomic E-state index is 0.713. The third-order valence-corrected chi connectivity index (χ3v) is 6.14. The van der Waals surface area contributed by atoms with Crippen LogP contribution in [-0.4, -0.2) is 35.3 Å². The van der Waals surface area contributed by atoms with Gasteiger partial charge < -0.3 is 10.2 Å². The first-order valence-corrected chi connectivity index (χ1v) is 7.94. The molecule has 0 unspecified atom stereocenters. The van der Waals surface area contributed by atoms with E-state index in [9.17, 15) is 0 Å². The summed E-state index contributed by atoms with van der Waals surface area (Å²) in [6, 6.07) is 1.54. The Morgan fingerprint density at radius 3 is 2.94 bits per heavy atom. The fourth-order valence-corrected chi connectivity index (χ4v) is 5.10. The van der Waals surface area contributed by atoms with E-state index in [0.717, 1.165) is 23.1 Å². The number of nitrogens with one attached hydrogen (secondary N) is 1. The summed E-state index contributed by atoms with van der Waals surface area (Å²) in [5.74, 6) is 1.72. The highest BCUT2D eigenvalue weighted by atomic mass is 32.2. The van der Waals surface area contributed by atoms with E-state index in [1.165, 1.54) is 25.9 Å². The van der Waals surface area contributed by atoms with Crippen molar-refractivity contribution in [2.24, 2.45) is 11.8 Å². The van der Waals surface area contributed by atoms with Gasteiger partial charge in [0.2, 0.25) is 0 Å². The molecule has 2 fully saturated rings. The molecule has 0 aromatic carbocycles. The van der Waals surface area contributed by atoms with Gasteiger partial charge in [0.25, 0.3) is 0 Å². The van der Waals surface area contributed by atoms with Crippen LogP contribution in [-0.2, 0) is 0 Å². The summed E-state index contributed by atoms with van der Waals surface area (Å²) >= 11 is 2.14. The molecule has 1 N–H and O–H groups in total. The molecular weight excluding hydrogens is 228 g/mol. The molecule has 0 aromatic rings. The Kier molecular flexibility index (Phi) is 3.16. The van der Waals surface area contributed by atoms with Crippen LogP contribution in [0.25, 0.3) is 0 Å². The average molecular weight is 252 g/mol. The molecule has 96 valence electrons. The van der Waals surface area contributed by atoms with Crippen LogP contribution in [0.3, 0.4) is 0 Å². The van der Waals surface area contributed by atoms with Crippen LogP contribution < -0.4 is 5.32 Å². The van der Waals surface area contributed by atoms with Crippen molar-refractivity contribution in [2.75, 3.05) is 13.1 Å². The van der Waals surface area contributed by atoms with E-state index in [0.29, 0.717) is 6.04 Å². The predicted molar refractivity (Wildman–Crippen MR) is 75.0 cm³/mol. The van der Waals surface area contributed by atoms with E-state index in [-0.39, 0.29) is 0 Å². The maximum absolute atomic E-state index is 3.55. The molecule has 0 aromatic heterocycles. The molecule has 3 heteroatoms. The molecule has 3 aliphatic rings. The Hall–Kier alpha value is -0.150. The lowest BCUT2D eigenvalue weighted by atomic mass is 9.82. The summed E-state index contributed by atoms with van der Waals surface area (Å²) in [6.45, 7) is 9.56. The molecule has 0 spiro atoms. The molecule has 2 nitrogen and oxygen atoms in total. The largest absolute Gasteiger partial charge is 0.372 e. The van der Waals surface area contributed by atoms with Crippen molar-refractivity contribution in [3.8, 4) is 0 Å². The number of fused-ring (bicyclic) bond motifs is 1. The van der Waals surface area contributed by atoms with Gasteiger partial charge in [-0.1, -0.05) is 13.8 Å². The van der Waals surface area contributed by atoms with Crippen molar-refractivity contribution in [2.45, 2.75) is 50.9 Å². The van der Waals surface area contributed by atoms with Gasteiger partial charge in [-0.25, -0.2) is 0 Å². The molecule has 0 radical (unpaired) electrons. The van der Waals surface area contributed by atoms with Crippen LogP contribution >= 0.6 is 11.8 Å². The van der Waals surface area contributed by atoms with E-state index in [1.807, 2.05) is 0 Å². The summed E-state index contributed by atoms with van der Waals surface area (Å²) < 4.78 is 0. The Bertz CT molecular complexity index is 328. The number of rotatable bonds is 3. The van der Waals surface area contributed by atoms with Crippen LogP contribution in [0.1, 0.15) is 33.6 Å². The first kappa shape index (κ1) is 11.9. The minimum Gasteiger partial charge on any atom is -0.372 e. The first-order chi connectivity index (χ1) is 8.19. The average Bonchev–Trinajstić information content (AvgIpc) is 2.75. The predicted octanol–water partition coefficient (Wildman–Crippen LogP) is 2.67. The molecule has 0 saturated carbocycles. The lowest BCUT2D eigenvalue weighted by molar-refractivity contribution is 0.0531. The van der Waals surface area contributed by atoms with E-state index >= 15 is 0 Å². The minimum absolute atomic E-state index is 0.713. The van der Waals surface area contributed by atoms with Crippen LogP contribution in [0.2, 0.25) is 0 Å². The van der Waals surface area contributed by atoms with Gasteiger partial charge in [0.15, 0.2) is 0 Å². The van der Waals surface area contributed by atoms with Crippen molar-refractivity contribution in [1.29, 1.82) is 0 Å². The van der Waals surface area contributed by atoms with Crippen molar-refractivity contribution in [3.63, 3.8) is 0 Å². The highest BCUT2D eigenvalue weighted by Crippen LogP contribution is 2.47. The maximum atomic E-state index is 3.55. The smallest absolute Gasteiger partial charge is 0.0401 e. The second kappa shape index (κ2) is 4.51. The zero-order valence-corrected chi connectivity index (χ0v) is 12.0. The zero-order valence-electron chi connectivity index (χ0n) is 11.1. The third kappa shape index (κ3) is 2.01. The number of thioether (sulfide) groups is 1. The van der Waals surface area contributed by atoms with Gasteiger partial charge in [-0.2, -0.15) is 0 Å². The van der Waals surface area contributed by atoms with E-state index in [4.69, 9.17) is 0 Å². The molecule has 0 amide bonds. The molecule has 3 heterocycles. The van der Waals surface area contributed by atoms with Crippen molar-refractivity contribution in [3.05, 3.63) is 11.1 Å². The molecule has 17 heavy (non-hydrogen) atoms. The highest BCUT2D eigenvalue weighted by molar-refractivity contribution is 8.03. The van der Waals surface area contributed by atoms with Gasteiger partial charge >= 0.3 is 0 Å². The normalized spacial score (nSPS) is 44.5. The Morgan fingerprint density at radius 1 is 1.47 bits per heavy atom. The Labute approximate surface area is 109 Å². The van der Waals surface area contributed by atoms with Gasteiger partial charge in [-0.05, 0) is 25.7 Å². The topological polar surface area (TPSA) is 15.3 Å². The van der Waals surface area contributed by atoms with Gasteiger partial charge in [0.05, 0.1) is 0 Å². The monoisotopic (exact) mass is 252 g/mol. The van der Waals surface area contributed by atoms with Crippen LogP contribution in [0.4, 0.5) is 0 Å². The van der Waals surface area contributed by atoms with Crippen molar-refractivity contribution >= 4 is 11.8 Å². The lowest BCUT2D eigenvalue weighted by Crippen LogP contribution is -2.52. The number of nitrogens with zero attached hydrogens (tertiary/aromatic N) is 1. The maximum Gasteiger partial charge on any atom is 0.0401 e. The standard InChI is InChI=1S/C14H24N2S/c1-4-11-7-16-8-13(10(3)14(11)16)17-12-5-9(2)15-6-12/h8-12,14-15H,4-7H2,1-3H3/t9-,10+,11+,12+,14-/m1/s1. The summed E-state index contributed by atoms with van der Waals surface area (Å²) in [7, 11) is 0. The fraction of sp³-hybridized carbons (Fsp3) is 0.857. The second-order valence-corrected chi connectivity index (χ2v) is 7.33. The molecular formula is C14H24N2S. The first-order valence-electron chi connectivity index (χ1n) is 7.06. The van der Waals surface area contributed by atoms with Gasteiger partial charge in [0.1, 0.15) is 0 Å². The van der Waals surface area contributed by atoms with Crippen LogP contribution in [0, 0.1) is 11.8 Å². The number of hydrogen-bond donors (Lipinski definition) is 1. The lowest BCUT2D eigenvalue weighted by Gasteiger charge is -2.46. The van der Waals surface area contributed by atoms with Crippen LogP contribution in [0.15, 0.2) is 11.1 Å². The zero-order chi connectivity index (χ0) is 12.0. The molecule has 3 rings (SSSR count). The van der Waals surface area contributed by atoms with Gasteiger partial charge in [0, 0.05) is 47.4 Å². The summed E-state index contributed by atoms with van der Waals surface area (Å²) in [5.41, 5.74) is 0. The van der Waals surface area contributed by atoms with Crippen LogP contribution in [0.5, 0.6) is 0 Å². The van der Waals surface area contributed by atoms with E-state index < -0.39 is 0 Å². The second-order valence-electron chi connectivity index (χ2n) is 5.96. The van der Waals surface area contributed by atoms with E-state index in [1.54, 1.807) is 4.91 Å². The molecule has 0 bridgehead atoms. The van der Waals surface area contributed by atoms with Crippen molar-refractivity contribution < 1.29 is 0 Å². The van der Waals surface area contributed by atoms with E-state index in [2.05, 4.69) is 48.9 Å². The fourth-order valence-electron chi connectivity index (χ4n) is 3.60. The highest BCUT2D eigenvalue weighted by Gasteiger charge is 2.45. The summed E-state index contributed by atoms with van der Waals surface area (Å²) in [6.07, 6.45) is 5.13. The summed E-state index contributed by atoms with van der Waals surface area (Å²) in [4.78, 5) is 4.22. The van der Waals surface area contributed by atoms with Crippen molar-refractivity contribution in [1.82, 2.24) is 10.2 Å². The molecule has 3 aliphatic heterocycles. The Morgan fingerprint density at radius 2 is 2.29 bits per heavy atom. The molecule has 2 saturated heterocycles. The van der Waals surface area contributed by atoms with Gasteiger partial charge in [-0.15, -0.1) is 11.8 Å². The molecule has 5 atom stereocenters. The Balaban J connectivity index is 1.60.